The highest BCUT2D eigenvalue weighted by atomic mass is 32.2. The van der Waals surface area contributed by atoms with Crippen molar-refractivity contribution in [1.29, 1.82) is 0 Å². The first kappa shape index (κ1) is 27.9. The number of nitrogens with zero attached hydrogens (tertiary/aromatic N) is 1. The molecule has 0 fully saturated rings. The summed E-state index contributed by atoms with van der Waals surface area (Å²) < 4.78 is 31.4. The van der Waals surface area contributed by atoms with Crippen LogP contribution in [0.5, 0.6) is 0 Å². The van der Waals surface area contributed by atoms with E-state index in [1.807, 2.05) is 59.6 Å². The molecule has 0 radical (unpaired) electrons. The maximum absolute atomic E-state index is 15.7. The number of hydrogen-bond acceptors (Lipinski definition) is 3. The van der Waals surface area contributed by atoms with Gasteiger partial charge in [-0.1, -0.05) is 84.9 Å². The first-order valence-corrected chi connectivity index (χ1v) is 18.2. The van der Waals surface area contributed by atoms with Crippen LogP contribution in [0.2, 0.25) is 0 Å². The molecule has 0 amide bonds. The molecule has 4 aliphatic rings. The summed E-state index contributed by atoms with van der Waals surface area (Å²) in [6.45, 7) is 0. The van der Waals surface area contributed by atoms with Crippen LogP contribution in [0.15, 0.2) is 155 Å². The normalized spacial score (nSPS) is 15.1. The first-order chi connectivity index (χ1) is 24.1. The van der Waals surface area contributed by atoms with Crippen molar-refractivity contribution in [2.75, 3.05) is 4.90 Å². The van der Waals surface area contributed by atoms with Crippen LogP contribution < -0.4 is 10.4 Å². The summed E-state index contributed by atoms with van der Waals surface area (Å²) in [7, 11) is 0. The molecule has 3 heterocycles. The molecule has 3 aliphatic heterocycles. The minimum absolute atomic E-state index is 0.225. The molecule has 0 N–H and O–H groups in total. The van der Waals surface area contributed by atoms with Crippen LogP contribution in [0.4, 0.5) is 25.8 Å². The highest BCUT2D eigenvalue weighted by Crippen LogP contribution is 2.64. The van der Waals surface area contributed by atoms with E-state index >= 15 is 8.78 Å². The van der Waals surface area contributed by atoms with E-state index < -0.39 is 5.41 Å². The number of halogens is 2. The summed E-state index contributed by atoms with van der Waals surface area (Å²) in [5.41, 5.74) is 13.9. The summed E-state index contributed by atoms with van der Waals surface area (Å²) in [5, 5.41) is 0.225. The van der Waals surface area contributed by atoms with Gasteiger partial charge in [-0.05, 0) is 122 Å². The molecule has 0 saturated heterocycles. The molecule has 7 aromatic rings. The quantitative estimate of drug-likeness (QED) is 0.160. The molecule has 0 saturated carbocycles. The zero-order chi connectivity index (χ0) is 32.4. The van der Waals surface area contributed by atoms with Crippen LogP contribution in [0.3, 0.4) is 0 Å². The monoisotopic (exact) mass is 667 g/mol. The van der Waals surface area contributed by atoms with Crippen LogP contribution in [0, 0.1) is 11.6 Å². The van der Waals surface area contributed by atoms with E-state index in [0.29, 0.717) is 0 Å². The third-order valence-corrected chi connectivity index (χ3v) is 13.3. The average Bonchev–Trinajstić information content (AvgIpc) is 3.43. The smallest absolute Gasteiger partial charge is 0.310 e. The van der Waals surface area contributed by atoms with Gasteiger partial charge in [0.1, 0.15) is 11.6 Å². The highest BCUT2D eigenvalue weighted by molar-refractivity contribution is 8.56. The second kappa shape index (κ2) is 10.0. The predicted octanol–water partition coefficient (Wildman–Crippen LogP) is 11.4. The van der Waals surface area contributed by atoms with Gasteiger partial charge in [-0.25, -0.2) is 8.78 Å². The van der Waals surface area contributed by atoms with Crippen LogP contribution in [0.1, 0.15) is 22.3 Å². The molecule has 1 aliphatic carbocycles. The van der Waals surface area contributed by atoms with E-state index in [4.69, 9.17) is 0 Å². The fraction of sp³-hybridized carbons (Fsp3) is 0.0233. The Hall–Kier alpha value is -5.04. The first-order valence-electron chi connectivity index (χ1n) is 16.4. The lowest BCUT2D eigenvalue weighted by atomic mass is 9.64. The van der Waals surface area contributed by atoms with Crippen LogP contribution in [-0.4, -0.2) is 5.27 Å². The molecule has 1 spiro atoms. The summed E-state index contributed by atoms with van der Waals surface area (Å²) in [5.74, 6) is -0.639. The van der Waals surface area contributed by atoms with Crippen molar-refractivity contribution >= 4 is 51.0 Å². The van der Waals surface area contributed by atoms with Gasteiger partial charge < -0.3 is 4.90 Å². The molecule has 6 heteroatoms. The fourth-order valence-electron chi connectivity index (χ4n) is 8.80. The van der Waals surface area contributed by atoms with Crippen molar-refractivity contribution in [3.05, 3.63) is 179 Å². The van der Waals surface area contributed by atoms with E-state index in [1.54, 1.807) is 24.3 Å². The summed E-state index contributed by atoms with van der Waals surface area (Å²) in [6, 6.07) is 48.8. The van der Waals surface area contributed by atoms with E-state index in [-0.39, 0.29) is 16.9 Å². The molecule has 1 nitrogen and oxygen atoms in total. The maximum Gasteiger partial charge on any atom is 0.318 e. The van der Waals surface area contributed by atoms with Crippen molar-refractivity contribution < 1.29 is 8.78 Å². The Morgan fingerprint density at radius 1 is 0.449 bits per heavy atom. The number of fused-ring (bicyclic) bond motifs is 13. The molecule has 0 unspecified atom stereocenters. The molecule has 230 valence electrons. The zero-order valence-electron chi connectivity index (χ0n) is 26.0. The van der Waals surface area contributed by atoms with E-state index in [2.05, 4.69) is 89.8 Å². The van der Waals surface area contributed by atoms with E-state index in [0.717, 1.165) is 50.4 Å². The lowest BCUT2D eigenvalue weighted by molar-refractivity contribution is 0.611. The second-order valence-corrected chi connectivity index (χ2v) is 15.6. The van der Waals surface area contributed by atoms with Gasteiger partial charge >= 0.3 is 5.27 Å². The third-order valence-electron chi connectivity index (χ3n) is 10.6. The average molecular weight is 668 g/mol. The molecule has 0 bridgehead atoms. The van der Waals surface area contributed by atoms with Gasteiger partial charge in [0.2, 0.25) is 0 Å². The molecule has 7 aromatic carbocycles. The number of benzene rings is 7. The van der Waals surface area contributed by atoms with Crippen molar-refractivity contribution in [3.8, 4) is 33.4 Å². The molecule has 11 rings (SSSR count). The molecular weight excluding hydrogens is 643 g/mol. The van der Waals surface area contributed by atoms with Gasteiger partial charge in [-0.2, -0.15) is 23.2 Å². The lowest BCUT2D eigenvalue weighted by Crippen LogP contribution is -2.37. The van der Waals surface area contributed by atoms with Gasteiger partial charge in [0.05, 0.1) is 16.8 Å². The van der Waals surface area contributed by atoms with Gasteiger partial charge in [0.25, 0.3) is 0 Å². The second-order valence-electron chi connectivity index (χ2n) is 13.0. The van der Waals surface area contributed by atoms with Gasteiger partial charge in [0, 0.05) is 15.5 Å². The van der Waals surface area contributed by atoms with E-state index in [9.17, 15) is 0 Å². The molecule has 0 aromatic heterocycles. The van der Waals surface area contributed by atoms with Gasteiger partial charge in [-0.3, -0.25) is 0 Å². The standard InChI is InChI=1S/C43H24BF2NS2/c45-25-17-19-38-36(21-25)43(34-13-5-1-9-28(34)29-10-2-6-14-35(29)43)37-22-26(46)18-20-39(37)47(38)27-23-32-30-11-3-7-15-40(30)48-44-42(32)33(24-27)31-12-4-8-16-41(31)49-44/h1-24H. The molecular formula is C43H24BF2NS2. The topological polar surface area (TPSA) is 3.24 Å². The summed E-state index contributed by atoms with van der Waals surface area (Å²) in [4.78, 5) is 4.76. The van der Waals surface area contributed by atoms with Crippen LogP contribution >= 0.6 is 23.2 Å². The Morgan fingerprint density at radius 3 is 1.41 bits per heavy atom. The minimum Gasteiger partial charge on any atom is -0.310 e. The fourth-order valence-corrected chi connectivity index (χ4v) is 11.7. The van der Waals surface area contributed by atoms with Crippen molar-refractivity contribution in [3.63, 3.8) is 0 Å². The Bertz CT molecular complexity index is 2410. The molecule has 0 atom stereocenters. The Balaban J connectivity index is 1.26. The van der Waals surface area contributed by atoms with E-state index in [1.165, 1.54) is 37.5 Å². The Kier molecular flexibility index (Phi) is 5.69. The maximum atomic E-state index is 15.7. The summed E-state index contributed by atoms with van der Waals surface area (Å²) in [6.07, 6.45) is 0. The van der Waals surface area contributed by atoms with Crippen LogP contribution in [0.25, 0.3) is 33.4 Å². The van der Waals surface area contributed by atoms with Crippen molar-refractivity contribution in [2.24, 2.45) is 0 Å². The number of anilines is 3. The zero-order valence-corrected chi connectivity index (χ0v) is 27.6. The Morgan fingerprint density at radius 2 is 0.898 bits per heavy atom. The predicted molar refractivity (Wildman–Crippen MR) is 200 cm³/mol. The number of rotatable bonds is 1. The largest absolute Gasteiger partial charge is 0.318 e. The molecule has 49 heavy (non-hydrogen) atoms. The van der Waals surface area contributed by atoms with Gasteiger partial charge in [0.15, 0.2) is 0 Å². The lowest BCUT2D eigenvalue weighted by Gasteiger charge is -2.45. The van der Waals surface area contributed by atoms with Crippen molar-refractivity contribution in [1.82, 2.24) is 0 Å². The summed E-state index contributed by atoms with van der Waals surface area (Å²) >= 11 is 3.83. The third kappa shape index (κ3) is 3.63. The van der Waals surface area contributed by atoms with Crippen molar-refractivity contribution in [2.45, 2.75) is 15.2 Å². The number of hydrogen-bond donors (Lipinski definition) is 0. The SMILES string of the molecule is Fc1ccc2c(c1)C1(c3ccccc3-c3ccccc31)c1cc(F)ccc1N2c1cc2c3c(c1)-c1ccccc1SB3Sc1ccccc1-2. The highest BCUT2D eigenvalue weighted by Gasteiger charge is 2.52. The Labute approximate surface area is 291 Å². The van der Waals surface area contributed by atoms with Gasteiger partial charge in [-0.15, -0.1) is 0 Å². The minimum atomic E-state index is -0.904. The van der Waals surface area contributed by atoms with Crippen LogP contribution in [-0.2, 0) is 5.41 Å².